The van der Waals surface area contributed by atoms with Gasteiger partial charge in [0.15, 0.2) is 0 Å². The van der Waals surface area contributed by atoms with E-state index < -0.39 is 0 Å². The normalized spacial score (nSPS) is 18.8. The third-order valence-electron chi connectivity index (χ3n) is 3.19. The van der Waals surface area contributed by atoms with Crippen LogP contribution in [0.3, 0.4) is 0 Å². The van der Waals surface area contributed by atoms with Crippen LogP contribution < -0.4 is 0 Å². The van der Waals surface area contributed by atoms with Crippen molar-refractivity contribution in [2.75, 3.05) is 0 Å². The van der Waals surface area contributed by atoms with Gasteiger partial charge in [-0.1, -0.05) is 0 Å². The summed E-state index contributed by atoms with van der Waals surface area (Å²) in [5, 5.41) is 4.57. The van der Waals surface area contributed by atoms with Crippen molar-refractivity contribution in [3.8, 4) is 11.3 Å². The van der Waals surface area contributed by atoms with Gasteiger partial charge in [0.1, 0.15) is 5.82 Å². The van der Waals surface area contributed by atoms with Crippen LogP contribution in [0.4, 0.5) is 4.39 Å². The fourth-order valence-corrected chi connectivity index (χ4v) is 2.24. The molecule has 0 N–H and O–H groups in total. The van der Waals surface area contributed by atoms with E-state index >= 15 is 0 Å². The molecule has 1 aromatic carbocycles. The fraction of sp³-hybridized carbons (Fsp3) is 0.308. The summed E-state index contributed by atoms with van der Waals surface area (Å²) in [6.45, 7) is 2.18. The topological polar surface area (TPSA) is 17.8 Å². The van der Waals surface area contributed by atoms with Crippen molar-refractivity contribution < 1.29 is 4.39 Å². The number of rotatable bonds is 1. The Morgan fingerprint density at radius 3 is 2.75 bits per heavy atom. The van der Waals surface area contributed by atoms with Gasteiger partial charge < -0.3 is 0 Å². The lowest BCUT2D eigenvalue weighted by Gasteiger charge is -2.03. The van der Waals surface area contributed by atoms with Crippen molar-refractivity contribution in [3.63, 3.8) is 0 Å². The molecule has 0 bridgehead atoms. The van der Waals surface area contributed by atoms with Crippen LogP contribution in [0.25, 0.3) is 11.3 Å². The van der Waals surface area contributed by atoms with Gasteiger partial charge in [-0.3, -0.25) is 4.68 Å². The summed E-state index contributed by atoms with van der Waals surface area (Å²) in [5.74, 6) is -0.205. The molecule has 1 aromatic heterocycles. The summed E-state index contributed by atoms with van der Waals surface area (Å²) < 4.78 is 14.9. The highest BCUT2D eigenvalue weighted by atomic mass is 19.1. The van der Waals surface area contributed by atoms with Gasteiger partial charge >= 0.3 is 0 Å². The van der Waals surface area contributed by atoms with Crippen molar-refractivity contribution in [1.29, 1.82) is 0 Å². The first-order chi connectivity index (χ1) is 7.74. The van der Waals surface area contributed by atoms with E-state index in [1.807, 2.05) is 0 Å². The molecule has 0 saturated heterocycles. The van der Waals surface area contributed by atoms with Crippen LogP contribution in [-0.4, -0.2) is 9.78 Å². The Balaban J connectivity index is 2.02. The van der Waals surface area contributed by atoms with E-state index in [1.165, 1.54) is 24.2 Å². The zero-order chi connectivity index (χ0) is 11.1. The minimum absolute atomic E-state index is 0.205. The number of hydrogen-bond acceptors (Lipinski definition) is 1. The Morgan fingerprint density at radius 1 is 1.31 bits per heavy atom. The SMILES string of the molecule is C[C@@H]1CCc2cc(-c3ccc(F)cc3)nn21. The van der Waals surface area contributed by atoms with E-state index in [0.29, 0.717) is 6.04 Å². The molecule has 2 aromatic rings. The molecule has 1 aliphatic rings. The van der Waals surface area contributed by atoms with Crippen LogP contribution in [0.15, 0.2) is 30.3 Å². The number of benzene rings is 1. The molecule has 2 nitrogen and oxygen atoms in total. The monoisotopic (exact) mass is 216 g/mol. The van der Waals surface area contributed by atoms with Crippen molar-refractivity contribution in [2.45, 2.75) is 25.8 Å². The molecule has 0 radical (unpaired) electrons. The zero-order valence-electron chi connectivity index (χ0n) is 9.15. The lowest BCUT2D eigenvalue weighted by molar-refractivity contribution is 0.523. The zero-order valence-corrected chi connectivity index (χ0v) is 9.15. The van der Waals surface area contributed by atoms with Gasteiger partial charge in [0.25, 0.3) is 0 Å². The van der Waals surface area contributed by atoms with Gasteiger partial charge in [-0.05, 0) is 50.1 Å². The molecule has 0 amide bonds. The minimum Gasteiger partial charge on any atom is -0.266 e. The lowest BCUT2D eigenvalue weighted by atomic mass is 10.1. The Morgan fingerprint density at radius 2 is 2.06 bits per heavy atom. The molecule has 0 spiro atoms. The van der Waals surface area contributed by atoms with E-state index in [-0.39, 0.29) is 5.82 Å². The Hall–Kier alpha value is -1.64. The second-order valence-electron chi connectivity index (χ2n) is 4.36. The second kappa shape index (κ2) is 3.44. The summed E-state index contributed by atoms with van der Waals surface area (Å²) in [7, 11) is 0. The Kier molecular flexibility index (Phi) is 2.06. The van der Waals surface area contributed by atoms with E-state index in [0.717, 1.165) is 17.7 Å². The first kappa shape index (κ1) is 9.58. The molecule has 82 valence electrons. The predicted octanol–water partition coefficient (Wildman–Crippen LogP) is 3.20. The largest absolute Gasteiger partial charge is 0.266 e. The quantitative estimate of drug-likeness (QED) is 0.715. The van der Waals surface area contributed by atoms with Gasteiger partial charge in [0.2, 0.25) is 0 Å². The van der Waals surface area contributed by atoms with Gasteiger partial charge in [0.05, 0.1) is 5.69 Å². The standard InChI is InChI=1S/C13H13FN2/c1-9-2-7-12-8-13(15-16(9)12)10-3-5-11(14)6-4-10/h3-6,8-9H,2,7H2,1H3/t9-/m1/s1. The molecular weight excluding hydrogens is 203 g/mol. The smallest absolute Gasteiger partial charge is 0.123 e. The van der Waals surface area contributed by atoms with Crippen molar-refractivity contribution in [2.24, 2.45) is 0 Å². The van der Waals surface area contributed by atoms with Crippen LogP contribution in [-0.2, 0) is 6.42 Å². The predicted molar refractivity (Wildman–Crippen MR) is 60.7 cm³/mol. The third kappa shape index (κ3) is 1.43. The first-order valence-electron chi connectivity index (χ1n) is 5.58. The van der Waals surface area contributed by atoms with Crippen molar-refractivity contribution >= 4 is 0 Å². The molecule has 1 aliphatic heterocycles. The molecule has 0 saturated carbocycles. The fourth-order valence-electron chi connectivity index (χ4n) is 2.24. The Labute approximate surface area is 93.7 Å². The summed E-state index contributed by atoms with van der Waals surface area (Å²) in [6, 6.07) is 9.10. The number of aromatic nitrogens is 2. The maximum atomic E-state index is 12.8. The summed E-state index contributed by atoms with van der Waals surface area (Å²) in [4.78, 5) is 0. The Bertz CT molecular complexity index is 513. The molecule has 3 rings (SSSR count). The molecule has 1 atom stereocenters. The number of halogens is 1. The first-order valence-corrected chi connectivity index (χ1v) is 5.58. The van der Waals surface area contributed by atoms with Gasteiger partial charge in [-0.2, -0.15) is 5.10 Å². The lowest BCUT2D eigenvalue weighted by Crippen LogP contribution is -2.00. The number of hydrogen-bond donors (Lipinski definition) is 0. The molecule has 16 heavy (non-hydrogen) atoms. The third-order valence-corrected chi connectivity index (χ3v) is 3.19. The maximum Gasteiger partial charge on any atom is 0.123 e. The van der Waals surface area contributed by atoms with Gasteiger partial charge in [-0.15, -0.1) is 0 Å². The van der Waals surface area contributed by atoms with E-state index in [1.54, 1.807) is 12.1 Å². The number of fused-ring (bicyclic) bond motifs is 1. The van der Waals surface area contributed by atoms with E-state index in [9.17, 15) is 4.39 Å². The second-order valence-corrected chi connectivity index (χ2v) is 4.36. The summed E-state index contributed by atoms with van der Waals surface area (Å²) >= 11 is 0. The highest BCUT2D eigenvalue weighted by Gasteiger charge is 2.20. The highest BCUT2D eigenvalue weighted by molar-refractivity contribution is 5.59. The van der Waals surface area contributed by atoms with Crippen LogP contribution in [0.5, 0.6) is 0 Å². The molecule has 2 heterocycles. The highest BCUT2D eigenvalue weighted by Crippen LogP contribution is 2.29. The van der Waals surface area contributed by atoms with Gasteiger partial charge in [-0.25, -0.2) is 4.39 Å². The molecule has 0 fully saturated rings. The van der Waals surface area contributed by atoms with Crippen molar-refractivity contribution in [3.05, 3.63) is 41.8 Å². The van der Waals surface area contributed by atoms with Gasteiger partial charge in [0, 0.05) is 17.3 Å². The minimum atomic E-state index is -0.205. The number of aryl methyl sites for hydroxylation is 1. The number of nitrogens with zero attached hydrogens (tertiary/aromatic N) is 2. The van der Waals surface area contributed by atoms with Crippen LogP contribution in [0.2, 0.25) is 0 Å². The van der Waals surface area contributed by atoms with Crippen LogP contribution >= 0.6 is 0 Å². The average molecular weight is 216 g/mol. The van der Waals surface area contributed by atoms with Crippen LogP contribution in [0.1, 0.15) is 25.1 Å². The molecular formula is C13H13FN2. The van der Waals surface area contributed by atoms with E-state index in [2.05, 4.69) is 22.8 Å². The van der Waals surface area contributed by atoms with Crippen LogP contribution in [0, 0.1) is 5.82 Å². The average Bonchev–Trinajstić information content (AvgIpc) is 2.83. The van der Waals surface area contributed by atoms with E-state index in [4.69, 9.17) is 0 Å². The summed E-state index contributed by atoms with van der Waals surface area (Å²) in [6.07, 6.45) is 2.27. The summed E-state index contributed by atoms with van der Waals surface area (Å²) in [5.41, 5.74) is 3.21. The molecule has 0 aliphatic carbocycles. The molecule has 0 unspecified atom stereocenters. The maximum absolute atomic E-state index is 12.8. The molecule has 3 heteroatoms. The van der Waals surface area contributed by atoms with Crippen molar-refractivity contribution in [1.82, 2.24) is 9.78 Å².